The highest BCUT2D eigenvalue weighted by Gasteiger charge is 2.73. The lowest BCUT2D eigenvalue weighted by Crippen LogP contribution is -2.69. The molecule has 1 amide bonds. The van der Waals surface area contributed by atoms with E-state index in [2.05, 4.69) is 97.9 Å². The average Bonchev–Trinajstić information content (AvgIpc) is 3.91. The molecule has 15 heteroatoms. The molecule has 2 aromatic carbocycles. The number of nitriles is 2. The van der Waals surface area contributed by atoms with Crippen LogP contribution in [0.3, 0.4) is 0 Å². The van der Waals surface area contributed by atoms with E-state index in [1.165, 1.54) is 41.5 Å². The van der Waals surface area contributed by atoms with E-state index in [1.54, 1.807) is 5.01 Å². The van der Waals surface area contributed by atoms with Crippen LogP contribution in [0.15, 0.2) is 83.5 Å². The largest absolute Gasteiger partial charge is 0.476 e. The van der Waals surface area contributed by atoms with Crippen molar-refractivity contribution in [3.8, 4) is 23.9 Å². The van der Waals surface area contributed by atoms with Crippen molar-refractivity contribution in [1.29, 1.82) is 10.5 Å². The molecule has 1 N–H and O–H groups in total. The Labute approximate surface area is 347 Å². The first kappa shape index (κ1) is 39.6. The number of ether oxygens (including phenoxy) is 2. The molecule has 6 fully saturated rings. The lowest BCUT2D eigenvalue weighted by molar-refractivity contribution is -0.227. The van der Waals surface area contributed by atoms with Gasteiger partial charge in [0, 0.05) is 41.5 Å². The second-order valence-electron chi connectivity index (χ2n) is 16.9. The predicted molar refractivity (Wildman–Crippen MR) is 217 cm³/mol. The molecule has 4 heterocycles. The number of halogens is 1. The van der Waals surface area contributed by atoms with E-state index in [0.29, 0.717) is 31.0 Å². The van der Waals surface area contributed by atoms with Gasteiger partial charge in [-0.3, -0.25) is 9.59 Å². The zero-order valence-corrected chi connectivity index (χ0v) is 33.6. The molecule has 0 saturated heterocycles. The number of hydrazone groups is 2. The van der Waals surface area contributed by atoms with Crippen molar-refractivity contribution in [2.75, 3.05) is 13.2 Å². The van der Waals surface area contributed by atoms with Gasteiger partial charge in [0.1, 0.15) is 12.1 Å². The van der Waals surface area contributed by atoms with Gasteiger partial charge in [0.15, 0.2) is 11.4 Å². The molecule has 0 spiro atoms. The molecule has 6 aliphatic carbocycles. The normalized spacial score (nSPS) is 28.2. The van der Waals surface area contributed by atoms with Gasteiger partial charge in [-0.15, -0.1) is 0 Å². The summed E-state index contributed by atoms with van der Waals surface area (Å²) in [5.74, 6) is 0.958. The quantitative estimate of drug-likeness (QED) is 0.165. The molecule has 4 aromatic rings. The number of aromatic nitrogens is 4. The number of carbonyl (C=O) groups excluding carboxylic acids is 2. The highest BCUT2D eigenvalue weighted by atomic mass is 35.5. The SMILES string of the molecule is Cc1ccc(C2CC=NN2)cc1.Cc1ccc(C2CC=NN2C(=O)C23CC(COc4cnc(C#N)cn4)(C2)C3)cc1.N#Cc1cnc(OCC23CC(C(=O)Cl)(C2)C3)cn1. The maximum absolute atomic E-state index is 13.2. The van der Waals surface area contributed by atoms with Crippen molar-refractivity contribution in [1.82, 2.24) is 30.4 Å². The van der Waals surface area contributed by atoms with E-state index in [-0.39, 0.29) is 50.2 Å². The molecule has 300 valence electrons. The lowest BCUT2D eigenvalue weighted by Gasteiger charge is -2.69. The molecule has 59 heavy (non-hydrogen) atoms. The summed E-state index contributed by atoms with van der Waals surface area (Å²) in [5.41, 5.74) is 8.15. The minimum Gasteiger partial charge on any atom is -0.476 e. The van der Waals surface area contributed by atoms with E-state index in [1.807, 2.05) is 24.6 Å². The van der Waals surface area contributed by atoms with Crippen LogP contribution in [0.5, 0.6) is 11.8 Å². The topological polar surface area (TPSA) is 192 Å². The highest BCUT2D eigenvalue weighted by molar-refractivity contribution is 6.65. The third-order valence-corrected chi connectivity index (χ3v) is 12.7. The number of aryl methyl sites for hydroxylation is 2. The molecular weight excluding hydrogens is 768 g/mol. The molecule has 2 aromatic heterocycles. The van der Waals surface area contributed by atoms with E-state index < -0.39 is 0 Å². The van der Waals surface area contributed by atoms with Crippen LogP contribution in [0.1, 0.15) is 97.1 Å². The Morgan fingerprint density at radius 3 is 1.68 bits per heavy atom. The average molecular weight is 811 g/mol. The molecule has 14 nitrogen and oxygen atoms in total. The molecule has 4 bridgehead atoms. The highest BCUT2D eigenvalue weighted by Crippen LogP contribution is 2.75. The van der Waals surface area contributed by atoms with Gasteiger partial charge in [0.05, 0.1) is 55.5 Å². The smallest absolute Gasteiger partial charge is 0.249 e. The van der Waals surface area contributed by atoms with Crippen molar-refractivity contribution >= 4 is 35.2 Å². The molecule has 2 aliphatic heterocycles. The standard InChI is InChI=1S/C22H21N5O2.C12H10ClN3O2.C10H12N2/c1-15-2-4-16(5-3-15)18-6-7-26-27(18)20(28)22-11-21(12-22,13-22)14-29-19-10-24-17(8-23)9-25-19;13-10(17)12-4-11(5-12,6-12)7-18-9-3-15-8(1-14)2-16-9;1-8-2-4-9(5-3-8)10-6-7-11-12-10/h2-5,7,9-10,18H,6,11-14H2,1H3;2-3H,4-7H2;2-5,7,10,12H,6H2,1H3. The van der Waals surface area contributed by atoms with Crippen LogP contribution in [0.2, 0.25) is 0 Å². The van der Waals surface area contributed by atoms with Gasteiger partial charge in [-0.2, -0.15) is 20.7 Å². The molecule has 6 saturated carbocycles. The van der Waals surface area contributed by atoms with Crippen molar-refractivity contribution < 1.29 is 19.1 Å². The number of hydrogen-bond donors (Lipinski definition) is 1. The Morgan fingerprint density at radius 1 is 0.729 bits per heavy atom. The summed E-state index contributed by atoms with van der Waals surface area (Å²) < 4.78 is 11.3. The molecular formula is C44H43ClN10O4. The van der Waals surface area contributed by atoms with Gasteiger partial charge in [0.2, 0.25) is 22.9 Å². The third-order valence-electron chi connectivity index (χ3n) is 12.3. The maximum Gasteiger partial charge on any atom is 0.249 e. The van der Waals surface area contributed by atoms with E-state index in [9.17, 15) is 9.59 Å². The predicted octanol–water partition coefficient (Wildman–Crippen LogP) is 6.84. The van der Waals surface area contributed by atoms with Gasteiger partial charge < -0.3 is 14.9 Å². The van der Waals surface area contributed by atoms with E-state index >= 15 is 0 Å². The Hall–Kier alpha value is -6.25. The fourth-order valence-corrected chi connectivity index (χ4v) is 9.57. The van der Waals surface area contributed by atoms with Crippen LogP contribution in [0, 0.1) is 58.2 Å². The van der Waals surface area contributed by atoms with Crippen LogP contribution in [0.25, 0.3) is 0 Å². The molecule has 12 rings (SSSR count). The number of carbonyl (C=O) groups is 2. The van der Waals surface area contributed by atoms with Gasteiger partial charge in [-0.25, -0.2) is 24.9 Å². The summed E-state index contributed by atoms with van der Waals surface area (Å²) >= 11 is 5.54. The zero-order valence-electron chi connectivity index (χ0n) is 32.8. The van der Waals surface area contributed by atoms with Crippen LogP contribution in [0.4, 0.5) is 0 Å². The van der Waals surface area contributed by atoms with Gasteiger partial charge in [-0.05, 0) is 75.1 Å². The summed E-state index contributed by atoms with van der Waals surface area (Å²) in [4.78, 5) is 40.3. The molecule has 0 radical (unpaired) electrons. The van der Waals surface area contributed by atoms with E-state index in [4.69, 9.17) is 31.6 Å². The second-order valence-corrected chi connectivity index (χ2v) is 17.3. The zero-order chi connectivity index (χ0) is 41.3. The first-order chi connectivity index (χ1) is 28.5. The molecule has 2 atom stereocenters. The lowest BCUT2D eigenvalue weighted by atomic mass is 9.35. The van der Waals surface area contributed by atoms with Gasteiger partial charge in [0.25, 0.3) is 0 Å². The van der Waals surface area contributed by atoms with Crippen LogP contribution >= 0.6 is 11.6 Å². The Bertz CT molecular complexity index is 2310. The fourth-order valence-electron chi connectivity index (χ4n) is 9.37. The van der Waals surface area contributed by atoms with Crippen molar-refractivity contribution in [2.24, 2.45) is 31.9 Å². The van der Waals surface area contributed by atoms with Crippen LogP contribution in [-0.4, -0.2) is 61.7 Å². The number of rotatable bonds is 10. The minimum atomic E-state index is -0.287. The number of nitrogens with one attached hydrogen (secondary N) is 1. The van der Waals surface area contributed by atoms with Gasteiger partial charge >= 0.3 is 0 Å². The Balaban J connectivity index is 0.000000137. The fraction of sp³-hybridized carbons (Fsp3) is 0.409. The monoisotopic (exact) mass is 810 g/mol. The Morgan fingerprint density at radius 2 is 1.24 bits per heavy atom. The number of benzene rings is 2. The summed E-state index contributed by atoms with van der Waals surface area (Å²) in [7, 11) is 0. The van der Waals surface area contributed by atoms with Gasteiger partial charge in [-0.1, -0.05) is 59.7 Å². The third kappa shape index (κ3) is 7.97. The minimum absolute atomic E-state index is 0.00162. The number of amides is 1. The van der Waals surface area contributed by atoms with Crippen molar-refractivity contribution in [2.45, 2.75) is 77.3 Å². The van der Waals surface area contributed by atoms with Crippen LogP contribution in [-0.2, 0) is 9.59 Å². The second kappa shape index (κ2) is 15.8. The van der Waals surface area contributed by atoms with E-state index in [0.717, 1.165) is 56.9 Å². The molecule has 2 unspecified atom stereocenters. The molecule has 8 aliphatic rings. The summed E-state index contributed by atoms with van der Waals surface area (Å²) in [5, 5.41) is 27.2. The summed E-state index contributed by atoms with van der Waals surface area (Å²) in [6.07, 6.45) is 16.1. The van der Waals surface area contributed by atoms with Crippen molar-refractivity contribution in [3.05, 3.63) is 107 Å². The number of nitrogens with zero attached hydrogens (tertiary/aromatic N) is 9. The van der Waals surface area contributed by atoms with Crippen LogP contribution < -0.4 is 14.9 Å². The first-order valence-corrected chi connectivity index (χ1v) is 20.0. The summed E-state index contributed by atoms with van der Waals surface area (Å²) in [6, 6.07) is 21.1. The number of hydrogen-bond acceptors (Lipinski definition) is 13. The summed E-state index contributed by atoms with van der Waals surface area (Å²) in [6.45, 7) is 5.21. The maximum atomic E-state index is 13.2. The van der Waals surface area contributed by atoms with Crippen molar-refractivity contribution in [3.63, 3.8) is 0 Å². The Kier molecular flexibility index (Phi) is 10.6. The first-order valence-electron chi connectivity index (χ1n) is 19.6.